The van der Waals surface area contributed by atoms with Crippen LogP contribution in [0.2, 0.25) is 0 Å². The lowest BCUT2D eigenvalue weighted by Crippen LogP contribution is -2.03. The van der Waals surface area contributed by atoms with Crippen LogP contribution in [0.4, 0.5) is 20.3 Å². The summed E-state index contributed by atoms with van der Waals surface area (Å²) in [5, 5.41) is 18.4. The van der Waals surface area contributed by atoms with Crippen molar-refractivity contribution in [1.29, 1.82) is 0 Å². The quantitative estimate of drug-likeness (QED) is 0.441. The summed E-state index contributed by atoms with van der Waals surface area (Å²) in [7, 11) is 0. The smallest absolute Gasteiger partial charge is 0.199 e. The first kappa shape index (κ1) is 16.2. The molecule has 0 saturated carbocycles. The average Bonchev–Trinajstić information content (AvgIpc) is 3.31. The van der Waals surface area contributed by atoms with Gasteiger partial charge in [-0.25, -0.2) is 23.3 Å². The summed E-state index contributed by atoms with van der Waals surface area (Å²) in [5.41, 5.74) is 1.95. The summed E-state index contributed by atoms with van der Waals surface area (Å²) in [5.74, 6) is -1.01. The fourth-order valence-corrected chi connectivity index (χ4v) is 3.10. The highest BCUT2D eigenvalue weighted by molar-refractivity contribution is 5.91. The molecule has 7 nitrogen and oxygen atoms in total. The number of H-pyrrole nitrogens is 1. The van der Waals surface area contributed by atoms with E-state index in [1.165, 1.54) is 12.4 Å². The topological polar surface area (TPSA) is 91.1 Å². The van der Waals surface area contributed by atoms with E-state index < -0.39 is 11.6 Å². The van der Waals surface area contributed by atoms with E-state index in [2.05, 4.69) is 25.4 Å². The van der Waals surface area contributed by atoms with Crippen molar-refractivity contribution in [2.24, 2.45) is 0 Å². The molecule has 0 fully saturated rings. The van der Waals surface area contributed by atoms with E-state index in [9.17, 15) is 13.9 Å². The van der Waals surface area contributed by atoms with Gasteiger partial charge in [0.15, 0.2) is 17.3 Å². The number of nitrogens with one attached hydrogen (secondary N) is 2. The molecule has 9 heteroatoms. The minimum atomic E-state index is -0.735. The van der Waals surface area contributed by atoms with Crippen molar-refractivity contribution in [3.8, 4) is 17.1 Å². The zero-order valence-corrected chi connectivity index (χ0v) is 14.2. The second-order valence-corrected chi connectivity index (χ2v) is 6.18. The predicted molar refractivity (Wildman–Crippen MR) is 99.4 cm³/mol. The SMILES string of the molecule is Oc1[nH]cc2cc(-c3cnc(Nc4ccc(F)cc4F)c4ncnn34)ccc12. The molecule has 0 aliphatic heterocycles. The van der Waals surface area contributed by atoms with Crippen LogP contribution in [0.25, 0.3) is 27.7 Å². The maximum atomic E-state index is 14.0. The Morgan fingerprint density at radius 1 is 1.07 bits per heavy atom. The van der Waals surface area contributed by atoms with Gasteiger partial charge in [0.2, 0.25) is 0 Å². The van der Waals surface area contributed by atoms with Crippen molar-refractivity contribution in [2.75, 3.05) is 5.32 Å². The summed E-state index contributed by atoms with van der Waals surface area (Å²) < 4.78 is 28.6. The summed E-state index contributed by atoms with van der Waals surface area (Å²) >= 11 is 0. The summed E-state index contributed by atoms with van der Waals surface area (Å²) in [6.45, 7) is 0. The van der Waals surface area contributed by atoms with E-state index in [-0.39, 0.29) is 17.4 Å². The molecule has 138 valence electrons. The number of benzene rings is 2. The molecule has 0 unspecified atom stereocenters. The first-order chi connectivity index (χ1) is 13.6. The Hall–Kier alpha value is -4.01. The monoisotopic (exact) mass is 378 g/mol. The minimum absolute atomic E-state index is 0.0794. The number of aromatic hydroxyl groups is 1. The van der Waals surface area contributed by atoms with E-state index >= 15 is 0 Å². The molecular weight excluding hydrogens is 366 g/mol. The highest BCUT2D eigenvalue weighted by atomic mass is 19.1. The summed E-state index contributed by atoms with van der Waals surface area (Å²) in [4.78, 5) is 11.3. The van der Waals surface area contributed by atoms with Gasteiger partial charge in [0, 0.05) is 28.6 Å². The van der Waals surface area contributed by atoms with Gasteiger partial charge in [-0.15, -0.1) is 0 Å². The molecule has 28 heavy (non-hydrogen) atoms. The molecule has 0 spiro atoms. The molecule has 3 aromatic heterocycles. The largest absolute Gasteiger partial charge is 0.494 e. The number of fused-ring (bicyclic) bond motifs is 2. The number of aromatic nitrogens is 5. The van der Waals surface area contributed by atoms with Crippen molar-refractivity contribution in [3.63, 3.8) is 0 Å². The molecule has 0 radical (unpaired) electrons. The van der Waals surface area contributed by atoms with E-state index in [0.29, 0.717) is 16.7 Å². The second-order valence-electron chi connectivity index (χ2n) is 6.18. The van der Waals surface area contributed by atoms with E-state index in [4.69, 9.17) is 0 Å². The van der Waals surface area contributed by atoms with Gasteiger partial charge in [0.1, 0.15) is 18.0 Å². The Bertz CT molecular complexity index is 1340. The second kappa shape index (κ2) is 6.02. The predicted octanol–water partition coefficient (Wildman–Crippen LogP) is 4.00. The molecule has 0 aliphatic carbocycles. The van der Waals surface area contributed by atoms with Crippen molar-refractivity contribution in [2.45, 2.75) is 0 Å². The molecule has 0 atom stereocenters. The van der Waals surface area contributed by atoms with Crippen LogP contribution in [0.5, 0.6) is 5.88 Å². The number of hydrogen-bond acceptors (Lipinski definition) is 5. The Labute approximate surface area is 156 Å². The van der Waals surface area contributed by atoms with Crippen LogP contribution in [0.1, 0.15) is 0 Å². The lowest BCUT2D eigenvalue weighted by atomic mass is 10.1. The third-order valence-electron chi connectivity index (χ3n) is 4.45. The molecule has 0 saturated heterocycles. The summed E-state index contributed by atoms with van der Waals surface area (Å²) in [6, 6.07) is 8.75. The van der Waals surface area contributed by atoms with Gasteiger partial charge < -0.3 is 15.4 Å². The molecule has 5 rings (SSSR count). The Kier molecular flexibility index (Phi) is 3.48. The number of halogens is 2. The zero-order chi connectivity index (χ0) is 19.3. The minimum Gasteiger partial charge on any atom is -0.494 e. The standard InChI is InChI=1S/C19H12F2N6O/c20-12-2-4-15(14(21)6-12)26-17-18-24-9-25-27(18)16(8-22-17)10-1-3-13-11(5-10)7-23-19(13)28/h1-9,23,28H,(H,22,26). The van der Waals surface area contributed by atoms with Crippen LogP contribution in [-0.4, -0.2) is 29.7 Å². The third-order valence-corrected chi connectivity index (χ3v) is 4.45. The highest BCUT2D eigenvalue weighted by Gasteiger charge is 2.14. The van der Waals surface area contributed by atoms with Crippen LogP contribution in [-0.2, 0) is 0 Å². The molecule has 3 heterocycles. The third kappa shape index (κ3) is 2.52. The van der Waals surface area contributed by atoms with Gasteiger partial charge >= 0.3 is 0 Å². The molecule has 3 N–H and O–H groups in total. The molecule has 0 aliphatic rings. The molecule has 5 aromatic rings. The van der Waals surface area contributed by atoms with Crippen molar-refractivity contribution in [1.82, 2.24) is 24.6 Å². The first-order valence-electron chi connectivity index (χ1n) is 8.31. The Morgan fingerprint density at radius 2 is 1.96 bits per heavy atom. The van der Waals surface area contributed by atoms with Crippen LogP contribution >= 0.6 is 0 Å². The fourth-order valence-electron chi connectivity index (χ4n) is 3.10. The van der Waals surface area contributed by atoms with Crippen molar-refractivity contribution < 1.29 is 13.9 Å². The lowest BCUT2D eigenvalue weighted by Gasteiger charge is -2.10. The van der Waals surface area contributed by atoms with E-state index in [0.717, 1.165) is 23.1 Å². The maximum Gasteiger partial charge on any atom is 0.199 e. The first-order valence-corrected chi connectivity index (χ1v) is 8.31. The molecular formula is C19H12F2N6O. The van der Waals surface area contributed by atoms with Gasteiger partial charge in [-0.05, 0) is 24.3 Å². The molecule has 0 bridgehead atoms. The van der Waals surface area contributed by atoms with Gasteiger partial charge in [-0.1, -0.05) is 6.07 Å². The van der Waals surface area contributed by atoms with Crippen LogP contribution in [0, 0.1) is 11.6 Å². The van der Waals surface area contributed by atoms with Crippen molar-refractivity contribution >= 4 is 27.9 Å². The average molecular weight is 378 g/mol. The number of rotatable bonds is 3. The lowest BCUT2D eigenvalue weighted by molar-refractivity contribution is 0.462. The van der Waals surface area contributed by atoms with Crippen molar-refractivity contribution in [3.05, 3.63) is 66.8 Å². The summed E-state index contributed by atoms with van der Waals surface area (Å²) in [6.07, 6.45) is 4.65. The van der Waals surface area contributed by atoms with Gasteiger partial charge in [-0.2, -0.15) is 5.10 Å². The van der Waals surface area contributed by atoms with Gasteiger partial charge in [0.05, 0.1) is 17.6 Å². The number of nitrogens with zero attached hydrogens (tertiary/aromatic N) is 4. The Morgan fingerprint density at radius 3 is 2.82 bits per heavy atom. The number of aromatic amines is 1. The normalized spacial score (nSPS) is 11.4. The van der Waals surface area contributed by atoms with Crippen LogP contribution < -0.4 is 5.32 Å². The van der Waals surface area contributed by atoms with E-state index in [1.807, 2.05) is 12.1 Å². The molecule has 0 amide bonds. The highest BCUT2D eigenvalue weighted by Crippen LogP contribution is 2.30. The number of anilines is 2. The fraction of sp³-hybridized carbons (Fsp3) is 0. The van der Waals surface area contributed by atoms with Crippen LogP contribution in [0.15, 0.2) is 55.1 Å². The number of hydrogen-bond donors (Lipinski definition) is 3. The maximum absolute atomic E-state index is 14.0. The van der Waals surface area contributed by atoms with E-state index in [1.54, 1.807) is 23.0 Å². The van der Waals surface area contributed by atoms with Crippen LogP contribution in [0.3, 0.4) is 0 Å². The molecule has 2 aromatic carbocycles. The van der Waals surface area contributed by atoms with Gasteiger partial charge in [-0.3, -0.25) is 0 Å². The zero-order valence-electron chi connectivity index (χ0n) is 14.2. The van der Waals surface area contributed by atoms with Gasteiger partial charge in [0.25, 0.3) is 0 Å². The Balaban J connectivity index is 1.60.